The minimum atomic E-state index is -0.329. The van der Waals surface area contributed by atoms with Crippen molar-refractivity contribution in [2.45, 2.75) is 32.4 Å². The molecule has 2 unspecified atom stereocenters. The number of methoxy groups -OCH3 is 1. The Kier molecular flexibility index (Phi) is 5.28. The molecule has 1 aromatic heterocycles. The first kappa shape index (κ1) is 18.0. The average Bonchev–Trinajstić information content (AvgIpc) is 2.98. The maximum absolute atomic E-state index is 12.4. The quantitative estimate of drug-likeness (QED) is 0.702. The second-order valence-electron chi connectivity index (χ2n) is 6.46. The summed E-state index contributed by atoms with van der Waals surface area (Å²) < 4.78 is 11.2. The maximum atomic E-state index is 12.4. The lowest BCUT2D eigenvalue weighted by Gasteiger charge is -2.16. The summed E-state index contributed by atoms with van der Waals surface area (Å²) in [4.78, 5) is 12.4. The van der Waals surface area contributed by atoms with Gasteiger partial charge in [-0.05, 0) is 37.6 Å². The molecule has 0 aliphatic carbocycles. The Bertz CT molecular complexity index is 902. The highest BCUT2D eigenvalue weighted by molar-refractivity contribution is 5.84. The molecule has 3 aromatic rings. The lowest BCUT2D eigenvalue weighted by atomic mass is 10.0. The number of fused-ring (bicyclic) bond motifs is 1. The monoisotopic (exact) mass is 352 g/mol. The molecule has 0 aliphatic heterocycles. The van der Waals surface area contributed by atoms with Gasteiger partial charge in [-0.15, -0.1) is 0 Å². The number of ether oxygens (including phenoxy) is 1. The van der Waals surface area contributed by atoms with Gasteiger partial charge in [-0.3, -0.25) is 4.79 Å². The summed E-state index contributed by atoms with van der Waals surface area (Å²) in [6.07, 6.45) is 0.224. The fraction of sp³-hybridized carbons (Fsp3) is 0.286. The molecule has 5 nitrogen and oxygen atoms in total. The Morgan fingerprint density at radius 1 is 1.23 bits per heavy atom. The number of furan rings is 1. The first-order valence-electron chi connectivity index (χ1n) is 8.66. The van der Waals surface area contributed by atoms with Gasteiger partial charge in [0.25, 0.3) is 0 Å². The molecule has 5 heteroatoms. The van der Waals surface area contributed by atoms with E-state index in [0.29, 0.717) is 0 Å². The van der Waals surface area contributed by atoms with Gasteiger partial charge in [0.15, 0.2) is 0 Å². The van der Waals surface area contributed by atoms with Crippen LogP contribution >= 0.6 is 0 Å². The Balaban J connectivity index is 1.71. The van der Waals surface area contributed by atoms with Crippen molar-refractivity contribution in [2.24, 2.45) is 5.73 Å². The largest absolute Gasteiger partial charge is 0.497 e. The smallest absolute Gasteiger partial charge is 0.222 e. The molecule has 26 heavy (non-hydrogen) atoms. The minimum absolute atomic E-state index is 0.105. The molecule has 0 radical (unpaired) electrons. The van der Waals surface area contributed by atoms with Crippen molar-refractivity contribution in [3.63, 3.8) is 0 Å². The topological polar surface area (TPSA) is 77.5 Å². The molecular weight excluding hydrogens is 328 g/mol. The van der Waals surface area contributed by atoms with Gasteiger partial charge in [0.05, 0.1) is 13.2 Å². The van der Waals surface area contributed by atoms with Gasteiger partial charge in [0.1, 0.15) is 17.1 Å². The molecule has 0 saturated heterocycles. The number of nitrogens with one attached hydrogen (secondary N) is 1. The van der Waals surface area contributed by atoms with Crippen molar-refractivity contribution in [3.05, 3.63) is 65.4 Å². The first-order chi connectivity index (χ1) is 12.5. The van der Waals surface area contributed by atoms with Crippen molar-refractivity contribution in [1.29, 1.82) is 0 Å². The van der Waals surface area contributed by atoms with Crippen LogP contribution < -0.4 is 15.8 Å². The Hall–Kier alpha value is -2.79. The molecule has 136 valence electrons. The zero-order valence-corrected chi connectivity index (χ0v) is 15.3. The third kappa shape index (κ3) is 3.73. The summed E-state index contributed by atoms with van der Waals surface area (Å²) >= 11 is 0. The average molecular weight is 352 g/mol. The number of hydrogen-bond acceptors (Lipinski definition) is 4. The zero-order chi connectivity index (χ0) is 18.7. The standard InChI is InChI=1S/C21H24N2O3/c1-13-17-11-16(25-3)9-10-19(17)26-21(13)14(2)23-20(24)12-18(22)15-7-5-4-6-8-15/h4-11,14,18H,12,22H2,1-3H3,(H,23,24). The highest BCUT2D eigenvalue weighted by Crippen LogP contribution is 2.32. The first-order valence-corrected chi connectivity index (χ1v) is 8.66. The van der Waals surface area contributed by atoms with Gasteiger partial charge in [-0.25, -0.2) is 0 Å². The van der Waals surface area contributed by atoms with Gasteiger partial charge in [-0.1, -0.05) is 30.3 Å². The number of benzene rings is 2. The van der Waals surface area contributed by atoms with Gasteiger partial charge in [-0.2, -0.15) is 0 Å². The van der Waals surface area contributed by atoms with Crippen molar-refractivity contribution < 1.29 is 13.9 Å². The third-order valence-corrected chi connectivity index (χ3v) is 4.58. The molecule has 0 bridgehead atoms. The van der Waals surface area contributed by atoms with Crippen LogP contribution in [-0.4, -0.2) is 13.0 Å². The molecule has 2 atom stereocenters. The van der Waals surface area contributed by atoms with Crippen LogP contribution in [-0.2, 0) is 4.79 Å². The predicted octanol–water partition coefficient (Wildman–Crippen LogP) is 4.02. The van der Waals surface area contributed by atoms with Gasteiger partial charge >= 0.3 is 0 Å². The van der Waals surface area contributed by atoms with E-state index in [1.54, 1.807) is 7.11 Å². The molecule has 1 heterocycles. The maximum Gasteiger partial charge on any atom is 0.222 e. The van der Waals surface area contributed by atoms with Gasteiger partial charge in [0, 0.05) is 23.4 Å². The molecule has 1 amide bonds. The van der Waals surface area contributed by atoms with Crippen LogP contribution in [0.15, 0.2) is 52.9 Å². The summed E-state index contributed by atoms with van der Waals surface area (Å²) in [6, 6.07) is 14.7. The lowest BCUT2D eigenvalue weighted by molar-refractivity contribution is -0.122. The van der Waals surface area contributed by atoms with Crippen LogP contribution in [0.4, 0.5) is 0 Å². The SMILES string of the molecule is COc1ccc2oc(C(C)NC(=O)CC(N)c3ccccc3)c(C)c2c1. The van der Waals surface area contributed by atoms with E-state index in [1.807, 2.05) is 62.4 Å². The fourth-order valence-corrected chi connectivity index (χ4v) is 3.14. The van der Waals surface area contributed by atoms with Crippen LogP contribution in [0.3, 0.4) is 0 Å². The number of carbonyl (C=O) groups excluding carboxylic acids is 1. The fourth-order valence-electron chi connectivity index (χ4n) is 3.14. The summed E-state index contributed by atoms with van der Waals surface area (Å²) in [7, 11) is 1.64. The molecule has 0 aliphatic rings. The Labute approximate surface area is 153 Å². The predicted molar refractivity (Wildman–Crippen MR) is 102 cm³/mol. The van der Waals surface area contributed by atoms with E-state index < -0.39 is 0 Å². The molecule has 0 fully saturated rings. The highest BCUT2D eigenvalue weighted by atomic mass is 16.5. The van der Waals surface area contributed by atoms with Crippen molar-refractivity contribution in [1.82, 2.24) is 5.32 Å². The van der Waals surface area contributed by atoms with Crippen LogP contribution in [0.25, 0.3) is 11.0 Å². The molecule has 0 saturated carbocycles. The Morgan fingerprint density at radius 2 is 1.96 bits per heavy atom. The molecular formula is C21H24N2O3. The van der Waals surface area contributed by atoms with Crippen LogP contribution in [0.1, 0.15) is 42.3 Å². The third-order valence-electron chi connectivity index (χ3n) is 4.58. The summed E-state index contributed by atoms with van der Waals surface area (Å²) in [5.41, 5.74) is 8.86. The van der Waals surface area contributed by atoms with E-state index in [4.69, 9.17) is 14.9 Å². The summed E-state index contributed by atoms with van der Waals surface area (Å²) in [6.45, 7) is 3.90. The van der Waals surface area contributed by atoms with E-state index in [0.717, 1.165) is 33.6 Å². The second-order valence-corrected chi connectivity index (χ2v) is 6.46. The summed E-state index contributed by atoms with van der Waals surface area (Å²) in [5.74, 6) is 1.42. The van der Waals surface area contributed by atoms with Crippen molar-refractivity contribution in [3.8, 4) is 5.75 Å². The highest BCUT2D eigenvalue weighted by Gasteiger charge is 2.20. The van der Waals surface area contributed by atoms with Gasteiger partial charge < -0.3 is 20.2 Å². The number of aryl methyl sites for hydroxylation is 1. The second kappa shape index (κ2) is 7.62. The van der Waals surface area contributed by atoms with Crippen molar-refractivity contribution in [2.75, 3.05) is 7.11 Å². The van der Waals surface area contributed by atoms with Gasteiger partial charge in [0.2, 0.25) is 5.91 Å². The zero-order valence-electron chi connectivity index (χ0n) is 15.3. The van der Waals surface area contributed by atoms with E-state index in [9.17, 15) is 4.79 Å². The molecule has 2 aromatic carbocycles. The molecule has 3 N–H and O–H groups in total. The molecule has 3 rings (SSSR count). The lowest BCUT2D eigenvalue weighted by Crippen LogP contribution is -2.29. The van der Waals surface area contributed by atoms with E-state index in [1.165, 1.54) is 0 Å². The van der Waals surface area contributed by atoms with Crippen LogP contribution in [0.2, 0.25) is 0 Å². The summed E-state index contributed by atoms with van der Waals surface area (Å²) in [5, 5.41) is 3.97. The number of carbonyl (C=O) groups is 1. The number of amides is 1. The number of rotatable bonds is 6. The van der Waals surface area contributed by atoms with Crippen LogP contribution in [0, 0.1) is 6.92 Å². The van der Waals surface area contributed by atoms with Crippen LogP contribution in [0.5, 0.6) is 5.75 Å². The van der Waals surface area contributed by atoms with E-state index >= 15 is 0 Å². The molecule has 0 spiro atoms. The Morgan fingerprint density at radius 3 is 2.65 bits per heavy atom. The minimum Gasteiger partial charge on any atom is -0.497 e. The van der Waals surface area contributed by atoms with E-state index in [-0.39, 0.29) is 24.4 Å². The normalized spacial score (nSPS) is 13.4. The number of hydrogen-bond donors (Lipinski definition) is 2. The van der Waals surface area contributed by atoms with E-state index in [2.05, 4.69) is 5.32 Å². The number of nitrogens with two attached hydrogens (primary N) is 1. The van der Waals surface area contributed by atoms with Crippen molar-refractivity contribution >= 4 is 16.9 Å².